The van der Waals surface area contributed by atoms with Gasteiger partial charge in [0.25, 0.3) is 0 Å². The topological polar surface area (TPSA) is 65.1 Å². The number of carbonyl (C=O) groups excluding carboxylic acids is 2. The SMILES string of the molecule is CC(C)(C)OC(=O)N1C2CCCC1CC(C(=O)CCC1OCCO1)C2. The van der Waals surface area contributed by atoms with Gasteiger partial charge in [0, 0.05) is 30.8 Å². The molecule has 3 aliphatic heterocycles. The number of amides is 1. The van der Waals surface area contributed by atoms with Crippen molar-refractivity contribution < 1.29 is 23.8 Å². The van der Waals surface area contributed by atoms with Crippen LogP contribution in [0.25, 0.3) is 0 Å². The molecule has 25 heavy (non-hydrogen) atoms. The maximum Gasteiger partial charge on any atom is 0.410 e. The van der Waals surface area contributed by atoms with Gasteiger partial charge in [-0.1, -0.05) is 0 Å². The van der Waals surface area contributed by atoms with Crippen molar-refractivity contribution in [3.05, 3.63) is 0 Å². The lowest BCUT2D eigenvalue weighted by molar-refractivity contribution is -0.129. The molecule has 0 N–H and O–H groups in total. The van der Waals surface area contributed by atoms with Crippen molar-refractivity contribution in [1.29, 1.82) is 0 Å². The van der Waals surface area contributed by atoms with E-state index in [0.717, 1.165) is 32.1 Å². The molecule has 2 unspecified atom stereocenters. The minimum atomic E-state index is -0.487. The first-order valence-electron chi connectivity index (χ1n) is 9.61. The van der Waals surface area contributed by atoms with Gasteiger partial charge >= 0.3 is 6.09 Å². The summed E-state index contributed by atoms with van der Waals surface area (Å²) in [5.41, 5.74) is -0.487. The van der Waals surface area contributed by atoms with Crippen LogP contribution < -0.4 is 0 Å². The standard InChI is InChI=1S/C19H31NO5/c1-19(2,3)25-18(22)20-14-5-4-6-15(20)12-13(11-14)16(21)7-8-17-23-9-10-24-17/h13-15,17H,4-12H2,1-3H3. The monoisotopic (exact) mass is 353 g/mol. The van der Waals surface area contributed by atoms with Crippen LogP contribution in [0.5, 0.6) is 0 Å². The van der Waals surface area contributed by atoms with Crippen LogP contribution in [0.3, 0.4) is 0 Å². The van der Waals surface area contributed by atoms with Crippen LogP contribution in [-0.4, -0.2) is 54.0 Å². The number of ether oxygens (including phenoxy) is 3. The summed E-state index contributed by atoms with van der Waals surface area (Å²) in [6.45, 7) is 6.92. The van der Waals surface area contributed by atoms with Crippen LogP contribution in [0.15, 0.2) is 0 Å². The highest BCUT2D eigenvalue weighted by molar-refractivity contribution is 5.81. The molecule has 0 spiro atoms. The molecule has 3 saturated heterocycles. The van der Waals surface area contributed by atoms with Crippen LogP contribution in [0.2, 0.25) is 0 Å². The highest BCUT2D eigenvalue weighted by Crippen LogP contribution is 2.38. The lowest BCUT2D eigenvalue weighted by Gasteiger charge is -2.48. The third-order valence-corrected chi connectivity index (χ3v) is 5.35. The molecule has 3 fully saturated rings. The Morgan fingerprint density at radius 2 is 1.68 bits per heavy atom. The predicted octanol–water partition coefficient (Wildman–Crippen LogP) is 3.28. The number of hydrogen-bond acceptors (Lipinski definition) is 5. The van der Waals surface area contributed by atoms with Crippen LogP contribution in [0.4, 0.5) is 4.79 Å². The molecule has 0 aliphatic carbocycles. The maximum absolute atomic E-state index is 12.6. The smallest absolute Gasteiger partial charge is 0.410 e. The molecule has 6 nitrogen and oxygen atoms in total. The van der Waals surface area contributed by atoms with Crippen molar-refractivity contribution in [3.63, 3.8) is 0 Å². The van der Waals surface area contributed by atoms with E-state index >= 15 is 0 Å². The minimum Gasteiger partial charge on any atom is -0.444 e. The molecule has 3 aliphatic rings. The van der Waals surface area contributed by atoms with Gasteiger partial charge in [0.2, 0.25) is 0 Å². The van der Waals surface area contributed by atoms with Crippen molar-refractivity contribution in [2.75, 3.05) is 13.2 Å². The normalized spacial score (nSPS) is 30.4. The lowest BCUT2D eigenvalue weighted by atomic mass is 9.76. The van der Waals surface area contributed by atoms with E-state index in [1.165, 1.54) is 0 Å². The number of nitrogens with zero attached hydrogens (tertiary/aromatic N) is 1. The number of ketones is 1. The highest BCUT2D eigenvalue weighted by atomic mass is 16.7. The number of rotatable bonds is 4. The van der Waals surface area contributed by atoms with Crippen molar-refractivity contribution >= 4 is 11.9 Å². The zero-order chi connectivity index (χ0) is 18.0. The molecule has 0 radical (unpaired) electrons. The van der Waals surface area contributed by atoms with Gasteiger partial charge in [0.1, 0.15) is 11.4 Å². The Morgan fingerprint density at radius 3 is 2.24 bits per heavy atom. The van der Waals surface area contributed by atoms with E-state index in [2.05, 4.69) is 0 Å². The Hall–Kier alpha value is -1.14. The predicted molar refractivity (Wildman–Crippen MR) is 92.2 cm³/mol. The fourth-order valence-corrected chi connectivity index (χ4v) is 4.30. The second-order valence-electron chi connectivity index (χ2n) is 8.47. The average Bonchev–Trinajstić information content (AvgIpc) is 3.03. The Bertz CT molecular complexity index is 481. The first-order valence-corrected chi connectivity index (χ1v) is 9.61. The highest BCUT2D eigenvalue weighted by Gasteiger charge is 2.44. The second kappa shape index (κ2) is 7.62. The fraction of sp³-hybridized carbons (Fsp3) is 0.895. The summed E-state index contributed by atoms with van der Waals surface area (Å²) in [4.78, 5) is 27.2. The number of piperidine rings is 2. The molecule has 2 atom stereocenters. The first kappa shape index (κ1) is 18.6. The zero-order valence-electron chi connectivity index (χ0n) is 15.7. The van der Waals surface area contributed by atoms with Gasteiger partial charge in [-0.3, -0.25) is 4.79 Å². The number of carbonyl (C=O) groups is 2. The fourth-order valence-electron chi connectivity index (χ4n) is 4.30. The van der Waals surface area contributed by atoms with Crippen molar-refractivity contribution in [2.24, 2.45) is 5.92 Å². The van der Waals surface area contributed by atoms with Gasteiger partial charge in [-0.2, -0.15) is 0 Å². The average molecular weight is 353 g/mol. The Balaban J connectivity index is 1.56. The second-order valence-corrected chi connectivity index (χ2v) is 8.47. The van der Waals surface area contributed by atoms with Crippen LogP contribution in [0.1, 0.15) is 65.7 Å². The molecule has 6 heteroatoms. The molecule has 1 amide bonds. The third-order valence-electron chi connectivity index (χ3n) is 5.35. The number of fused-ring (bicyclic) bond motifs is 2. The van der Waals surface area contributed by atoms with Gasteiger partial charge in [0.05, 0.1) is 13.2 Å². The molecule has 142 valence electrons. The summed E-state index contributed by atoms with van der Waals surface area (Å²) < 4.78 is 16.4. The molecule has 0 saturated carbocycles. The van der Waals surface area contributed by atoms with Gasteiger partial charge in [-0.25, -0.2) is 4.79 Å². The van der Waals surface area contributed by atoms with Crippen LogP contribution in [-0.2, 0) is 19.0 Å². The van der Waals surface area contributed by atoms with E-state index in [1.807, 2.05) is 25.7 Å². The van der Waals surface area contributed by atoms with Crippen molar-refractivity contribution in [2.45, 2.75) is 89.7 Å². The number of Topliss-reactive ketones (excluding diaryl/α,β-unsaturated/α-hetero) is 1. The molecule has 3 heterocycles. The summed E-state index contributed by atoms with van der Waals surface area (Å²) in [5, 5.41) is 0. The summed E-state index contributed by atoms with van der Waals surface area (Å²) in [6.07, 6.45) is 5.29. The summed E-state index contributed by atoms with van der Waals surface area (Å²) >= 11 is 0. The Labute approximate surface area is 150 Å². The minimum absolute atomic E-state index is 0.0513. The van der Waals surface area contributed by atoms with E-state index in [1.54, 1.807) is 0 Å². The van der Waals surface area contributed by atoms with E-state index in [0.29, 0.717) is 31.8 Å². The van der Waals surface area contributed by atoms with E-state index in [4.69, 9.17) is 14.2 Å². The first-order chi connectivity index (χ1) is 11.8. The molecule has 0 aromatic rings. The van der Waals surface area contributed by atoms with Crippen LogP contribution >= 0.6 is 0 Å². The van der Waals surface area contributed by atoms with Crippen molar-refractivity contribution in [3.8, 4) is 0 Å². The summed E-state index contributed by atoms with van der Waals surface area (Å²) in [7, 11) is 0. The molecule has 0 aromatic heterocycles. The van der Waals surface area contributed by atoms with E-state index in [9.17, 15) is 9.59 Å². The van der Waals surface area contributed by atoms with Crippen molar-refractivity contribution in [1.82, 2.24) is 4.90 Å². The van der Waals surface area contributed by atoms with E-state index in [-0.39, 0.29) is 30.4 Å². The summed E-state index contributed by atoms with van der Waals surface area (Å²) in [5.74, 6) is 0.343. The van der Waals surface area contributed by atoms with Crippen LogP contribution in [0, 0.1) is 5.92 Å². The third kappa shape index (κ3) is 4.73. The largest absolute Gasteiger partial charge is 0.444 e. The molecule has 2 bridgehead atoms. The molecule has 0 aromatic carbocycles. The van der Waals surface area contributed by atoms with Gasteiger partial charge in [0.15, 0.2) is 6.29 Å². The molecule has 3 rings (SSSR count). The molecular formula is C19H31NO5. The number of hydrogen-bond donors (Lipinski definition) is 0. The lowest BCUT2D eigenvalue weighted by Crippen LogP contribution is -2.56. The quantitative estimate of drug-likeness (QED) is 0.776. The summed E-state index contributed by atoms with van der Waals surface area (Å²) in [6, 6.07) is 0.269. The maximum atomic E-state index is 12.6. The van der Waals surface area contributed by atoms with Gasteiger partial charge in [-0.15, -0.1) is 0 Å². The van der Waals surface area contributed by atoms with E-state index < -0.39 is 5.60 Å². The van der Waals surface area contributed by atoms with Gasteiger partial charge < -0.3 is 19.1 Å². The molecular weight excluding hydrogens is 322 g/mol. The zero-order valence-corrected chi connectivity index (χ0v) is 15.7. The van der Waals surface area contributed by atoms with Gasteiger partial charge in [-0.05, 0) is 52.9 Å². The Morgan fingerprint density at radius 1 is 1.08 bits per heavy atom. The Kier molecular flexibility index (Phi) is 5.68.